The second-order valence-corrected chi connectivity index (χ2v) is 10.1. The van der Waals surface area contributed by atoms with Crippen LogP contribution in [0.5, 0.6) is 0 Å². The van der Waals surface area contributed by atoms with E-state index >= 15 is 0 Å². The Morgan fingerprint density at radius 3 is 2.76 bits per heavy atom. The maximum atomic E-state index is 13.1. The van der Waals surface area contributed by atoms with Gasteiger partial charge < -0.3 is 14.3 Å². The molecule has 0 bridgehead atoms. The highest BCUT2D eigenvalue weighted by Gasteiger charge is 2.27. The Morgan fingerprint density at radius 1 is 1.15 bits per heavy atom. The van der Waals surface area contributed by atoms with Crippen LogP contribution in [-0.4, -0.2) is 51.9 Å². The number of hydrogen-bond acceptors (Lipinski definition) is 6. The molecular formula is C25H26N4O3S. The molecule has 0 radical (unpaired) electrons. The van der Waals surface area contributed by atoms with E-state index in [4.69, 9.17) is 9.40 Å². The van der Waals surface area contributed by atoms with Gasteiger partial charge in [0.1, 0.15) is 16.2 Å². The SMILES string of the molecule is Cc1c(C(=O)N2CCN(Cc3nc4sc5c(c4c(=O)[nH]3)CCCC5)CC2)oc2ccccc12. The number of piperazine rings is 1. The van der Waals surface area contributed by atoms with Crippen molar-refractivity contribution in [3.8, 4) is 0 Å². The van der Waals surface area contributed by atoms with Crippen molar-refractivity contribution in [3.63, 3.8) is 0 Å². The zero-order valence-electron chi connectivity index (χ0n) is 18.6. The maximum Gasteiger partial charge on any atom is 0.289 e. The molecular weight excluding hydrogens is 436 g/mol. The summed E-state index contributed by atoms with van der Waals surface area (Å²) < 4.78 is 5.87. The number of thiophene rings is 1. The molecule has 170 valence electrons. The van der Waals surface area contributed by atoms with Crippen LogP contribution in [0.15, 0.2) is 33.5 Å². The van der Waals surface area contributed by atoms with Crippen LogP contribution in [0.1, 0.15) is 45.2 Å². The van der Waals surface area contributed by atoms with Crippen LogP contribution in [0.25, 0.3) is 21.2 Å². The Balaban J connectivity index is 1.15. The summed E-state index contributed by atoms with van der Waals surface area (Å²) in [4.78, 5) is 40.0. The number of rotatable bonds is 3. The van der Waals surface area contributed by atoms with Crippen molar-refractivity contribution in [2.45, 2.75) is 39.2 Å². The van der Waals surface area contributed by atoms with Gasteiger partial charge in [-0.2, -0.15) is 0 Å². The number of hydrogen-bond donors (Lipinski definition) is 1. The summed E-state index contributed by atoms with van der Waals surface area (Å²) in [6.07, 6.45) is 4.39. The van der Waals surface area contributed by atoms with Crippen LogP contribution < -0.4 is 5.56 Å². The Hall–Kier alpha value is -2.97. The maximum absolute atomic E-state index is 13.1. The van der Waals surface area contributed by atoms with E-state index in [2.05, 4.69) is 9.88 Å². The van der Waals surface area contributed by atoms with Crippen LogP contribution in [0.2, 0.25) is 0 Å². The normalized spacial score (nSPS) is 17.1. The fourth-order valence-electron chi connectivity index (χ4n) is 5.13. The highest BCUT2D eigenvalue weighted by Crippen LogP contribution is 2.33. The molecule has 0 saturated carbocycles. The van der Waals surface area contributed by atoms with Gasteiger partial charge in [0.2, 0.25) is 0 Å². The third-order valence-corrected chi connectivity index (χ3v) is 8.13. The molecule has 1 fully saturated rings. The minimum Gasteiger partial charge on any atom is -0.451 e. The average molecular weight is 463 g/mol. The smallest absolute Gasteiger partial charge is 0.289 e. The molecule has 1 aliphatic carbocycles. The summed E-state index contributed by atoms with van der Waals surface area (Å²) in [5.41, 5.74) is 2.85. The third kappa shape index (κ3) is 3.57. The number of carbonyl (C=O) groups is 1. The van der Waals surface area contributed by atoms with E-state index in [1.807, 2.05) is 36.1 Å². The van der Waals surface area contributed by atoms with Gasteiger partial charge in [0.15, 0.2) is 5.76 Å². The number of fused-ring (bicyclic) bond motifs is 4. The lowest BCUT2D eigenvalue weighted by Gasteiger charge is -2.34. The molecule has 4 aromatic rings. The topological polar surface area (TPSA) is 82.4 Å². The van der Waals surface area contributed by atoms with E-state index in [1.54, 1.807) is 11.3 Å². The van der Waals surface area contributed by atoms with E-state index in [0.29, 0.717) is 31.2 Å². The van der Waals surface area contributed by atoms with Crippen molar-refractivity contribution < 1.29 is 9.21 Å². The fourth-order valence-corrected chi connectivity index (χ4v) is 6.41. The number of nitrogens with one attached hydrogen (secondary N) is 1. The van der Waals surface area contributed by atoms with Crippen LogP contribution in [-0.2, 0) is 19.4 Å². The summed E-state index contributed by atoms with van der Waals surface area (Å²) in [7, 11) is 0. The summed E-state index contributed by atoms with van der Waals surface area (Å²) in [5.74, 6) is 1.09. The number of amides is 1. The highest BCUT2D eigenvalue weighted by molar-refractivity contribution is 7.18. The molecule has 33 heavy (non-hydrogen) atoms. The third-order valence-electron chi connectivity index (χ3n) is 6.94. The Morgan fingerprint density at radius 2 is 1.94 bits per heavy atom. The first-order chi connectivity index (χ1) is 16.1. The fraction of sp³-hybridized carbons (Fsp3) is 0.400. The summed E-state index contributed by atoms with van der Waals surface area (Å²) >= 11 is 1.68. The molecule has 7 nitrogen and oxygen atoms in total. The predicted molar refractivity (Wildman–Crippen MR) is 129 cm³/mol. The van der Waals surface area contributed by atoms with Gasteiger partial charge in [-0.1, -0.05) is 18.2 Å². The number of aryl methyl sites for hydroxylation is 3. The van der Waals surface area contributed by atoms with Gasteiger partial charge in [-0.15, -0.1) is 11.3 Å². The van der Waals surface area contributed by atoms with Gasteiger partial charge in [-0.25, -0.2) is 4.98 Å². The van der Waals surface area contributed by atoms with Gasteiger partial charge in [0.25, 0.3) is 11.5 Å². The van der Waals surface area contributed by atoms with Gasteiger partial charge in [0.05, 0.1) is 11.9 Å². The second-order valence-electron chi connectivity index (χ2n) is 9.02. The number of H-pyrrole nitrogens is 1. The van der Waals surface area contributed by atoms with Crippen LogP contribution >= 0.6 is 11.3 Å². The number of benzene rings is 1. The highest BCUT2D eigenvalue weighted by atomic mass is 32.1. The van der Waals surface area contributed by atoms with Crippen molar-refractivity contribution in [2.24, 2.45) is 0 Å². The number of aromatic amines is 1. The minimum absolute atomic E-state index is 0.0106. The first-order valence-corrected chi connectivity index (χ1v) is 12.4. The van der Waals surface area contributed by atoms with Crippen LogP contribution in [0, 0.1) is 6.92 Å². The van der Waals surface area contributed by atoms with Crippen LogP contribution in [0.3, 0.4) is 0 Å². The molecule has 1 saturated heterocycles. The van der Waals surface area contributed by atoms with Crippen molar-refractivity contribution in [1.29, 1.82) is 0 Å². The lowest BCUT2D eigenvalue weighted by atomic mass is 9.97. The number of para-hydroxylation sites is 1. The summed E-state index contributed by atoms with van der Waals surface area (Å²) in [6, 6.07) is 7.75. The molecule has 0 atom stereocenters. The van der Waals surface area contributed by atoms with E-state index < -0.39 is 0 Å². The van der Waals surface area contributed by atoms with Crippen LogP contribution in [0.4, 0.5) is 0 Å². The van der Waals surface area contributed by atoms with Crippen molar-refractivity contribution in [1.82, 2.24) is 19.8 Å². The van der Waals surface area contributed by atoms with E-state index in [0.717, 1.165) is 59.1 Å². The molecule has 1 N–H and O–H groups in total. The number of nitrogens with zero attached hydrogens (tertiary/aromatic N) is 3. The van der Waals surface area contributed by atoms with E-state index in [9.17, 15) is 9.59 Å². The van der Waals surface area contributed by atoms with Crippen molar-refractivity contribution >= 4 is 38.4 Å². The van der Waals surface area contributed by atoms with E-state index in [-0.39, 0.29) is 11.5 Å². The second kappa shape index (κ2) is 8.11. The monoisotopic (exact) mass is 462 g/mol. The average Bonchev–Trinajstić information content (AvgIpc) is 3.37. The predicted octanol–water partition coefficient (Wildman–Crippen LogP) is 3.88. The van der Waals surface area contributed by atoms with E-state index in [1.165, 1.54) is 16.9 Å². The van der Waals surface area contributed by atoms with Gasteiger partial charge >= 0.3 is 0 Å². The summed E-state index contributed by atoms with van der Waals surface area (Å²) in [6.45, 7) is 5.22. The lowest BCUT2D eigenvalue weighted by molar-refractivity contribution is 0.0596. The molecule has 0 unspecified atom stereocenters. The molecule has 1 amide bonds. The Labute approximate surface area is 195 Å². The molecule has 6 rings (SSSR count). The molecule has 3 aromatic heterocycles. The number of furan rings is 1. The molecule has 0 spiro atoms. The zero-order valence-corrected chi connectivity index (χ0v) is 19.5. The zero-order chi connectivity index (χ0) is 22.5. The Bertz CT molecular complexity index is 1420. The lowest BCUT2D eigenvalue weighted by Crippen LogP contribution is -2.48. The van der Waals surface area contributed by atoms with Crippen molar-refractivity contribution in [2.75, 3.05) is 26.2 Å². The molecule has 1 aromatic carbocycles. The minimum atomic E-state index is -0.0551. The molecule has 8 heteroatoms. The number of carbonyl (C=O) groups excluding carboxylic acids is 1. The standard InChI is InChI=1S/C25H26N4O3S/c1-15-16-6-2-4-8-18(16)32-22(15)25(31)29-12-10-28(11-13-29)14-20-26-23(30)21-17-7-3-5-9-19(17)33-24(21)27-20/h2,4,6,8H,3,5,7,9-14H2,1H3,(H,26,27,30). The molecule has 2 aliphatic rings. The largest absolute Gasteiger partial charge is 0.451 e. The van der Waals surface area contributed by atoms with Gasteiger partial charge in [0, 0.05) is 42.0 Å². The van der Waals surface area contributed by atoms with Crippen molar-refractivity contribution in [3.05, 3.63) is 62.2 Å². The first kappa shape index (κ1) is 20.6. The summed E-state index contributed by atoms with van der Waals surface area (Å²) in [5, 5.41) is 1.79. The Kier molecular flexibility index (Phi) is 5.07. The van der Waals surface area contributed by atoms with Gasteiger partial charge in [-0.05, 0) is 44.2 Å². The quantitative estimate of drug-likeness (QED) is 0.500. The molecule has 1 aliphatic heterocycles. The number of aromatic nitrogens is 2. The molecule has 4 heterocycles. The van der Waals surface area contributed by atoms with Gasteiger partial charge in [-0.3, -0.25) is 14.5 Å². The first-order valence-electron chi connectivity index (χ1n) is 11.6.